The van der Waals surface area contributed by atoms with Gasteiger partial charge >= 0.3 is 0 Å². The van der Waals surface area contributed by atoms with Crippen LogP contribution in [0, 0.1) is 11.8 Å². The van der Waals surface area contributed by atoms with Gasteiger partial charge in [-0.05, 0) is 43.1 Å². The third-order valence-electron chi connectivity index (χ3n) is 4.96. The number of aliphatic hydroxyl groups is 1. The lowest BCUT2D eigenvalue weighted by molar-refractivity contribution is 0.161. The summed E-state index contributed by atoms with van der Waals surface area (Å²) < 4.78 is 0. The first-order chi connectivity index (χ1) is 8.86. The molecule has 2 heterocycles. The number of fused-ring (bicyclic) bond motifs is 2. The molecule has 0 radical (unpaired) electrons. The molecular weight excluding hydrogens is 224 g/mol. The smallest absolute Gasteiger partial charge is 0.0471 e. The van der Waals surface area contributed by atoms with Crippen LogP contribution in [-0.2, 0) is 6.42 Å². The minimum absolute atomic E-state index is 0.322. The summed E-state index contributed by atoms with van der Waals surface area (Å²) in [5.41, 5.74) is 3.14. The summed E-state index contributed by atoms with van der Waals surface area (Å²) in [5, 5.41) is 15.9. The van der Waals surface area contributed by atoms with Crippen molar-refractivity contribution in [3.05, 3.63) is 22.3 Å². The Bertz CT molecular complexity index is 586. The minimum Gasteiger partial charge on any atom is -0.396 e. The minimum atomic E-state index is 0.322. The Morgan fingerprint density at radius 3 is 3.22 bits per heavy atom. The molecule has 96 valence electrons. The Kier molecular flexibility index (Phi) is 2.39. The lowest BCUT2D eigenvalue weighted by Gasteiger charge is -2.41. The molecule has 4 rings (SSSR count). The van der Waals surface area contributed by atoms with Gasteiger partial charge in [0.1, 0.15) is 0 Å². The molecule has 18 heavy (non-hydrogen) atoms. The fourth-order valence-electron chi connectivity index (χ4n) is 4.09. The Morgan fingerprint density at radius 1 is 1.39 bits per heavy atom. The van der Waals surface area contributed by atoms with Gasteiger partial charge in [-0.2, -0.15) is 0 Å². The van der Waals surface area contributed by atoms with Gasteiger partial charge in [0.2, 0.25) is 0 Å². The molecule has 3 atom stereocenters. The van der Waals surface area contributed by atoms with Crippen LogP contribution in [0.4, 0.5) is 0 Å². The summed E-state index contributed by atoms with van der Waals surface area (Å²) in [6.45, 7) is 1.30. The molecule has 1 aliphatic heterocycles. The molecule has 0 spiro atoms. The zero-order chi connectivity index (χ0) is 12.1. The van der Waals surface area contributed by atoms with Crippen LogP contribution >= 0.6 is 0 Å². The Balaban J connectivity index is 1.85. The number of piperidine rings is 1. The molecule has 1 saturated heterocycles. The monoisotopic (exact) mass is 244 g/mol. The van der Waals surface area contributed by atoms with Gasteiger partial charge in [0.05, 0.1) is 0 Å². The van der Waals surface area contributed by atoms with Crippen LogP contribution in [0.3, 0.4) is 0 Å². The van der Waals surface area contributed by atoms with E-state index in [2.05, 4.69) is 22.6 Å². The van der Waals surface area contributed by atoms with Crippen LogP contribution in [0.15, 0.2) is 6.20 Å². The van der Waals surface area contributed by atoms with Crippen molar-refractivity contribution in [1.29, 1.82) is 0 Å². The van der Waals surface area contributed by atoms with Crippen LogP contribution in [0.5, 0.6) is 0 Å². The van der Waals surface area contributed by atoms with Crippen molar-refractivity contribution >= 4 is 11.6 Å². The van der Waals surface area contributed by atoms with E-state index in [4.69, 9.17) is 0 Å². The average molecular weight is 244 g/mol. The van der Waals surface area contributed by atoms with E-state index in [0.29, 0.717) is 24.5 Å². The zero-order valence-corrected chi connectivity index (χ0v) is 10.6. The highest BCUT2D eigenvalue weighted by Crippen LogP contribution is 2.34. The van der Waals surface area contributed by atoms with Crippen molar-refractivity contribution in [1.82, 2.24) is 10.3 Å². The fourth-order valence-corrected chi connectivity index (χ4v) is 4.09. The van der Waals surface area contributed by atoms with Crippen molar-refractivity contribution in [2.24, 2.45) is 11.8 Å². The molecule has 1 aromatic heterocycles. The first-order valence-corrected chi connectivity index (χ1v) is 7.10. The first-order valence-electron chi connectivity index (χ1n) is 7.10. The maximum absolute atomic E-state index is 9.40. The molecule has 3 aliphatic rings. The van der Waals surface area contributed by atoms with E-state index >= 15 is 0 Å². The molecule has 0 amide bonds. The molecule has 1 aromatic rings. The fraction of sp³-hybridized carbons (Fsp3) is 0.600. The van der Waals surface area contributed by atoms with Crippen LogP contribution in [-0.4, -0.2) is 29.3 Å². The molecule has 0 aromatic carbocycles. The molecule has 0 saturated carbocycles. The highest BCUT2D eigenvalue weighted by atomic mass is 16.3. The molecule has 2 aliphatic carbocycles. The summed E-state index contributed by atoms with van der Waals surface area (Å²) in [7, 11) is 0. The lowest BCUT2D eigenvalue weighted by Crippen LogP contribution is -2.53. The number of aromatic nitrogens is 1. The van der Waals surface area contributed by atoms with E-state index in [1.807, 2.05) is 0 Å². The molecular formula is C15H20N2O. The molecule has 3 nitrogen and oxygen atoms in total. The van der Waals surface area contributed by atoms with Gasteiger partial charge in [-0.25, -0.2) is 0 Å². The number of H-pyrrole nitrogens is 1. The first kappa shape index (κ1) is 10.8. The van der Waals surface area contributed by atoms with Crippen LogP contribution in [0.2, 0.25) is 0 Å². The van der Waals surface area contributed by atoms with E-state index in [0.717, 1.165) is 25.8 Å². The average Bonchev–Trinajstić information content (AvgIpc) is 2.83. The summed E-state index contributed by atoms with van der Waals surface area (Å²) in [6.07, 6.45) is 9.21. The molecule has 1 fully saturated rings. The van der Waals surface area contributed by atoms with Gasteiger partial charge < -0.3 is 15.4 Å². The highest BCUT2D eigenvalue weighted by Gasteiger charge is 2.36. The number of nitrogens with one attached hydrogen (secondary N) is 2. The second-order valence-corrected chi connectivity index (χ2v) is 5.98. The van der Waals surface area contributed by atoms with E-state index in [-0.39, 0.29) is 0 Å². The number of hydrogen-bond donors (Lipinski definition) is 3. The quantitative estimate of drug-likeness (QED) is 0.645. The van der Waals surface area contributed by atoms with Crippen LogP contribution in [0.1, 0.15) is 24.8 Å². The van der Waals surface area contributed by atoms with E-state index in [1.54, 1.807) is 5.57 Å². The van der Waals surface area contributed by atoms with Gasteiger partial charge in [0, 0.05) is 36.0 Å². The van der Waals surface area contributed by atoms with Crippen molar-refractivity contribution < 1.29 is 5.11 Å². The Labute approximate surface area is 107 Å². The normalized spacial score (nSPS) is 33.6. The molecule has 1 unspecified atom stereocenters. The second-order valence-electron chi connectivity index (χ2n) is 5.98. The van der Waals surface area contributed by atoms with Crippen molar-refractivity contribution in [2.45, 2.75) is 31.7 Å². The van der Waals surface area contributed by atoms with Crippen molar-refractivity contribution in [3.63, 3.8) is 0 Å². The van der Waals surface area contributed by atoms with E-state index < -0.39 is 0 Å². The third-order valence-corrected chi connectivity index (χ3v) is 4.96. The predicted octanol–water partition coefficient (Wildman–Crippen LogP) is -0.118. The Morgan fingerprint density at radius 2 is 2.33 bits per heavy atom. The van der Waals surface area contributed by atoms with Crippen LogP contribution in [0.25, 0.3) is 11.6 Å². The third kappa shape index (κ3) is 1.44. The Hall–Kier alpha value is -1.06. The van der Waals surface area contributed by atoms with Gasteiger partial charge in [0.15, 0.2) is 0 Å². The number of hydrogen-bond acceptors (Lipinski definition) is 2. The summed E-state index contributed by atoms with van der Waals surface area (Å²) in [5.74, 6) is 1.08. The number of aliphatic hydroxyl groups excluding tert-OH is 1. The van der Waals surface area contributed by atoms with E-state index in [9.17, 15) is 5.11 Å². The zero-order valence-electron chi connectivity index (χ0n) is 10.6. The van der Waals surface area contributed by atoms with Crippen molar-refractivity contribution in [2.75, 3.05) is 13.2 Å². The second kappa shape index (κ2) is 3.97. The largest absolute Gasteiger partial charge is 0.396 e. The molecule has 0 bridgehead atoms. The summed E-state index contributed by atoms with van der Waals surface area (Å²) >= 11 is 0. The predicted molar refractivity (Wildman–Crippen MR) is 71.3 cm³/mol. The molecule has 3 N–H and O–H groups in total. The van der Waals surface area contributed by atoms with Crippen LogP contribution < -0.4 is 15.9 Å². The summed E-state index contributed by atoms with van der Waals surface area (Å²) in [6, 6.07) is 0.594. The highest BCUT2D eigenvalue weighted by molar-refractivity contribution is 5.57. The maximum atomic E-state index is 9.40. The van der Waals surface area contributed by atoms with Gasteiger partial charge in [-0.1, -0.05) is 11.6 Å². The maximum Gasteiger partial charge on any atom is 0.0471 e. The summed E-state index contributed by atoms with van der Waals surface area (Å²) in [4.78, 5) is 3.43. The standard InChI is InChI=1S/C15H20N2O/c18-8-9-4-12-11-2-1-3-13-15(11)10(7-17-13)5-14(12)16-6-9/h3,7,9,12,14,16-18H,1-2,4-6,8H2/t9-,12?,14-/m1/s1. The van der Waals surface area contributed by atoms with Gasteiger partial charge in [-0.15, -0.1) is 0 Å². The topological polar surface area (TPSA) is 48.0 Å². The molecule has 3 heteroatoms. The lowest BCUT2D eigenvalue weighted by atomic mass is 9.72. The van der Waals surface area contributed by atoms with Gasteiger partial charge in [-0.3, -0.25) is 0 Å². The van der Waals surface area contributed by atoms with Crippen molar-refractivity contribution in [3.8, 4) is 0 Å². The number of aromatic amines is 1. The number of rotatable bonds is 1. The van der Waals surface area contributed by atoms with Gasteiger partial charge in [0.25, 0.3) is 0 Å². The SMILES string of the molecule is OC[C@H]1CN[C@@H]2Cc3c[nH]c4c3=C(CCC=4)C2C1. The van der Waals surface area contributed by atoms with E-state index in [1.165, 1.54) is 22.6 Å².